The monoisotopic (exact) mass is 495 g/mol. The van der Waals surface area contributed by atoms with Gasteiger partial charge in [0.25, 0.3) is 0 Å². The van der Waals surface area contributed by atoms with Crippen molar-refractivity contribution in [3.8, 4) is 5.75 Å². The molecule has 1 aromatic rings. The highest BCUT2D eigenvalue weighted by molar-refractivity contribution is 14.0. The fraction of sp³-hybridized carbons (Fsp3) is 0.632. The molecule has 0 saturated heterocycles. The van der Waals surface area contributed by atoms with Crippen LogP contribution in [-0.2, 0) is 0 Å². The first-order valence-electron chi connectivity index (χ1n) is 9.20. The van der Waals surface area contributed by atoms with E-state index < -0.39 is 0 Å². The van der Waals surface area contributed by atoms with Gasteiger partial charge in [0.2, 0.25) is 0 Å². The summed E-state index contributed by atoms with van der Waals surface area (Å²) in [6.45, 7) is 6.22. The smallest absolute Gasteiger partial charge is 0.191 e. The van der Waals surface area contributed by atoms with Crippen LogP contribution in [0.3, 0.4) is 0 Å². The van der Waals surface area contributed by atoms with Crippen molar-refractivity contribution in [1.29, 1.82) is 0 Å². The predicted octanol–water partition coefficient (Wildman–Crippen LogP) is 3.89. The van der Waals surface area contributed by atoms with E-state index in [9.17, 15) is 5.11 Å². The van der Waals surface area contributed by atoms with Crippen LogP contribution >= 0.6 is 35.6 Å². The number of ether oxygens (including phenoxy) is 1. The fourth-order valence-electron chi connectivity index (χ4n) is 2.95. The first-order chi connectivity index (χ1) is 12.1. The van der Waals surface area contributed by atoms with E-state index in [0.717, 1.165) is 60.9 Å². The van der Waals surface area contributed by atoms with Crippen LogP contribution in [0.15, 0.2) is 23.2 Å². The summed E-state index contributed by atoms with van der Waals surface area (Å²) in [5.74, 6) is 1.73. The van der Waals surface area contributed by atoms with Gasteiger partial charge in [0.05, 0.1) is 12.7 Å². The SMILES string of the molecule is CCNC(=NCCCOc1ccc(Cl)cc1C)NC1CCC(O)CC1.I. The van der Waals surface area contributed by atoms with Crippen LogP contribution in [0.2, 0.25) is 5.02 Å². The van der Waals surface area contributed by atoms with Crippen molar-refractivity contribution >= 4 is 41.5 Å². The molecule has 0 aromatic heterocycles. The molecular weight excluding hydrogens is 465 g/mol. The molecular formula is C19H31ClIN3O2. The Bertz CT molecular complexity index is 564. The second-order valence-electron chi connectivity index (χ2n) is 6.52. The summed E-state index contributed by atoms with van der Waals surface area (Å²) < 4.78 is 5.80. The molecule has 0 aliphatic heterocycles. The summed E-state index contributed by atoms with van der Waals surface area (Å²) >= 11 is 5.95. The molecule has 1 aliphatic carbocycles. The summed E-state index contributed by atoms with van der Waals surface area (Å²) in [5, 5.41) is 17.1. The Morgan fingerprint density at radius 3 is 2.69 bits per heavy atom. The molecule has 0 heterocycles. The molecule has 5 nitrogen and oxygen atoms in total. The van der Waals surface area contributed by atoms with Crippen molar-refractivity contribution < 1.29 is 9.84 Å². The Kier molecular flexibility index (Phi) is 11.3. The number of hydrogen-bond donors (Lipinski definition) is 3. The van der Waals surface area contributed by atoms with Crippen molar-refractivity contribution in [2.24, 2.45) is 4.99 Å². The topological polar surface area (TPSA) is 65.9 Å². The average molecular weight is 496 g/mol. The zero-order valence-electron chi connectivity index (χ0n) is 15.6. The molecule has 0 amide bonds. The van der Waals surface area contributed by atoms with Gasteiger partial charge in [-0.15, -0.1) is 24.0 Å². The summed E-state index contributed by atoms with van der Waals surface area (Å²) in [6.07, 6.45) is 4.43. The summed E-state index contributed by atoms with van der Waals surface area (Å²) in [5.41, 5.74) is 1.05. The van der Waals surface area contributed by atoms with E-state index in [1.807, 2.05) is 25.1 Å². The number of guanidine groups is 1. The van der Waals surface area contributed by atoms with Gasteiger partial charge in [-0.1, -0.05) is 11.6 Å². The molecule has 26 heavy (non-hydrogen) atoms. The maximum Gasteiger partial charge on any atom is 0.191 e. The van der Waals surface area contributed by atoms with Gasteiger partial charge in [0.15, 0.2) is 5.96 Å². The van der Waals surface area contributed by atoms with Gasteiger partial charge in [0.1, 0.15) is 5.75 Å². The maximum atomic E-state index is 9.60. The quantitative estimate of drug-likeness (QED) is 0.232. The molecule has 0 atom stereocenters. The predicted molar refractivity (Wildman–Crippen MR) is 119 cm³/mol. The summed E-state index contributed by atoms with van der Waals surface area (Å²) in [4.78, 5) is 4.63. The highest BCUT2D eigenvalue weighted by atomic mass is 127. The molecule has 3 N–H and O–H groups in total. The molecule has 148 valence electrons. The second-order valence-corrected chi connectivity index (χ2v) is 6.96. The van der Waals surface area contributed by atoms with E-state index in [4.69, 9.17) is 16.3 Å². The third-order valence-electron chi connectivity index (χ3n) is 4.35. The van der Waals surface area contributed by atoms with Gasteiger partial charge in [-0.05, 0) is 63.3 Å². The molecule has 7 heteroatoms. The average Bonchev–Trinajstić information content (AvgIpc) is 2.58. The standard InChI is InChI=1S/C19H30ClN3O2.HI/c1-3-21-19(23-16-6-8-17(24)9-7-16)22-11-4-12-25-18-10-5-15(20)13-14(18)2;/h5,10,13,16-17,24H,3-4,6-9,11-12H2,1-2H3,(H2,21,22,23);1H. The van der Waals surface area contributed by atoms with E-state index >= 15 is 0 Å². The third kappa shape index (κ3) is 8.31. The van der Waals surface area contributed by atoms with E-state index in [1.54, 1.807) is 0 Å². The maximum absolute atomic E-state index is 9.60. The Morgan fingerprint density at radius 2 is 2.04 bits per heavy atom. The van der Waals surface area contributed by atoms with Gasteiger partial charge in [-0.2, -0.15) is 0 Å². The van der Waals surface area contributed by atoms with Crippen LogP contribution in [0, 0.1) is 6.92 Å². The lowest BCUT2D eigenvalue weighted by Crippen LogP contribution is -2.45. The first kappa shape index (κ1) is 23.3. The van der Waals surface area contributed by atoms with E-state index in [2.05, 4.69) is 22.5 Å². The summed E-state index contributed by atoms with van der Waals surface area (Å²) in [6, 6.07) is 6.05. The molecule has 1 fully saturated rings. The number of halogens is 2. The van der Waals surface area contributed by atoms with Gasteiger partial charge in [0, 0.05) is 30.6 Å². The number of benzene rings is 1. The van der Waals surface area contributed by atoms with Crippen molar-refractivity contribution in [2.45, 2.75) is 58.1 Å². The van der Waals surface area contributed by atoms with Crippen LogP contribution in [0.4, 0.5) is 0 Å². The number of aliphatic hydroxyl groups excluding tert-OH is 1. The van der Waals surface area contributed by atoms with Gasteiger partial charge < -0.3 is 20.5 Å². The van der Waals surface area contributed by atoms with Gasteiger partial charge in [-0.3, -0.25) is 4.99 Å². The minimum absolute atomic E-state index is 0. The third-order valence-corrected chi connectivity index (χ3v) is 4.58. The number of nitrogens with one attached hydrogen (secondary N) is 2. The van der Waals surface area contributed by atoms with E-state index in [-0.39, 0.29) is 30.1 Å². The van der Waals surface area contributed by atoms with E-state index in [1.165, 1.54) is 0 Å². The Balaban J connectivity index is 0.00000338. The first-order valence-corrected chi connectivity index (χ1v) is 9.58. The molecule has 0 bridgehead atoms. The minimum atomic E-state index is -0.133. The molecule has 0 radical (unpaired) electrons. The second kappa shape index (κ2) is 12.6. The number of aliphatic imine (C=N–C) groups is 1. The molecule has 1 aromatic carbocycles. The van der Waals surface area contributed by atoms with Crippen LogP contribution in [0.1, 0.15) is 44.6 Å². The van der Waals surface area contributed by atoms with E-state index in [0.29, 0.717) is 19.2 Å². The zero-order chi connectivity index (χ0) is 18.1. The van der Waals surface area contributed by atoms with Crippen LogP contribution in [-0.4, -0.2) is 42.9 Å². The zero-order valence-corrected chi connectivity index (χ0v) is 18.7. The largest absolute Gasteiger partial charge is 0.493 e. The lowest BCUT2D eigenvalue weighted by molar-refractivity contribution is 0.120. The van der Waals surface area contributed by atoms with Crippen LogP contribution in [0.5, 0.6) is 5.75 Å². The van der Waals surface area contributed by atoms with Crippen LogP contribution in [0.25, 0.3) is 0 Å². The lowest BCUT2D eigenvalue weighted by atomic mass is 9.93. The lowest BCUT2D eigenvalue weighted by Gasteiger charge is -2.27. The molecule has 2 rings (SSSR count). The molecule has 0 spiro atoms. The number of aryl methyl sites for hydroxylation is 1. The number of aliphatic hydroxyl groups is 1. The highest BCUT2D eigenvalue weighted by Crippen LogP contribution is 2.22. The summed E-state index contributed by atoms with van der Waals surface area (Å²) in [7, 11) is 0. The Morgan fingerprint density at radius 1 is 1.31 bits per heavy atom. The van der Waals surface area contributed by atoms with Crippen LogP contribution < -0.4 is 15.4 Å². The Hall–Kier alpha value is -0.730. The molecule has 1 aliphatic rings. The normalized spacial score (nSPS) is 20.2. The van der Waals surface area contributed by atoms with Gasteiger partial charge in [-0.25, -0.2) is 0 Å². The van der Waals surface area contributed by atoms with Crippen molar-refractivity contribution in [3.05, 3.63) is 28.8 Å². The number of hydrogen-bond acceptors (Lipinski definition) is 3. The minimum Gasteiger partial charge on any atom is -0.493 e. The van der Waals surface area contributed by atoms with Crippen molar-refractivity contribution in [3.63, 3.8) is 0 Å². The molecule has 0 unspecified atom stereocenters. The molecule has 1 saturated carbocycles. The van der Waals surface area contributed by atoms with Crippen molar-refractivity contribution in [1.82, 2.24) is 10.6 Å². The Labute approximate surface area is 179 Å². The number of nitrogens with zero attached hydrogens (tertiary/aromatic N) is 1. The van der Waals surface area contributed by atoms with Gasteiger partial charge >= 0.3 is 0 Å². The van der Waals surface area contributed by atoms with Crippen molar-refractivity contribution in [2.75, 3.05) is 19.7 Å². The number of rotatable bonds is 7. The highest BCUT2D eigenvalue weighted by Gasteiger charge is 2.19. The fourth-order valence-corrected chi connectivity index (χ4v) is 3.17.